The maximum Gasteiger partial charge on any atom is -0.00737 e. The zero-order chi connectivity index (χ0) is 11.0. The van der Waals surface area contributed by atoms with Gasteiger partial charge in [-0.05, 0) is 64.1 Å². The largest absolute Gasteiger partial charge is 0.0769 e. The number of hydrogen-bond acceptors (Lipinski definition) is 0. The average Bonchev–Trinajstić information content (AvgIpc) is 3.14. The van der Waals surface area contributed by atoms with Crippen molar-refractivity contribution in [1.29, 1.82) is 0 Å². The normalized spacial score (nSPS) is 27.6. The van der Waals surface area contributed by atoms with Gasteiger partial charge in [0, 0.05) is 0 Å². The van der Waals surface area contributed by atoms with E-state index < -0.39 is 0 Å². The van der Waals surface area contributed by atoms with Crippen LogP contribution in [0.15, 0.2) is 36.4 Å². The van der Waals surface area contributed by atoms with E-state index in [0.29, 0.717) is 0 Å². The lowest BCUT2D eigenvalue weighted by molar-refractivity contribution is 0.933. The van der Waals surface area contributed by atoms with E-state index in [1.54, 1.807) is 27.6 Å². The number of allylic oxidation sites excluding steroid dienone is 2. The van der Waals surface area contributed by atoms with E-state index in [4.69, 9.17) is 0 Å². The highest BCUT2D eigenvalue weighted by molar-refractivity contribution is 6.00. The van der Waals surface area contributed by atoms with Crippen molar-refractivity contribution in [2.45, 2.75) is 25.2 Å². The third kappa shape index (κ3) is 0.952. The van der Waals surface area contributed by atoms with Crippen molar-refractivity contribution in [2.75, 3.05) is 0 Å². The molecule has 2 aromatic carbocycles. The molecule has 0 amide bonds. The van der Waals surface area contributed by atoms with Crippen LogP contribution in [0, 0.1) is 5.92 Å². The van der Waals surface area contributed by atoms with Gasteiger partial charge in [0.05, 0.1) is 0 Å². The Hall–Kier alpha value is -1.56. The van der Waals surface area contributed by atoms with Crippen molar-refractivity contribution in [3.8, 4) is 0 Å². The molecule has 17 heavy (non-hydrogen) atoms. The van der Waals surface area contributed by atoms with E-state index >= 15 is 0 Å². The summed E-state index contributed by atoms with van der Waals surface area (Å²) >= 11 is 0. The zero-order valence-electron chi connectivity index (χ0n) is 9.74. The molecule has 1 saturated carbocycles. The molecule has 0 aromatic heterocycles. The molecule has 5 rings (SSSR count). The van der Waals surface area contributed by atoms with E-state index in [2.05, 4.69) is 36.4 Å². The minimum atomic E-state index is 0.851. The van der Waals surface area contributed by atoms with Crippen molar-refractivity contribution in [2.24, 2.45) is 5.92 Å². The molecule has 0 spiro atoms. The van der Waals surface area contributed by atoms with Gasteiger partial charge in [-0.25, -0.2) is 0 Å². The quantitative estimate of drug-likeness (QED) is 0.619. The zero-order valence-corrected chi connectivity index (χ0v) is 9.74. The molecule has 2 unspecified atom stereocenters. The minimum absolute atomic E-state index is 0.851. The van der Waals surface area contributed by atoms with Crippen LogP contribution in [0.3, 0.4) is 0 Å². The van der Waals surface area contributed by atoms with Crippen LogP contribution in [0.2, 0.25) is 0 Å². The Kier molecular flexibility index (Phi) is 1.32. The molecule has 1 fully saturated rings. The van der Waals surface area contributed by atoms with Crippen LogP contribution in [0.25, 0.3) is 16.3 Å². The van der Waals surface area contributed by atoms with Crippen LogP contribution < -0.4 is 0 Å². The first-order chi connectivity index (χ1) is 8.42. The van der Waals surface area contributed by atoms with Crippen molar-refractivity contribution in [3.63, 3.8) is 0 Å². The van der Waals surface area contributed by atoms with Gasteiger partial charge < -0.3 is 0 Å². The Morgan fingerprint density at radius 1 is 1.00 bits per heavy atom. The third-order valence-electron chi connectivity index (χ3n) is 4.80. The monoisotopic (exact) mass is 218 g/mol. The molecule has 0 N–H and O–H groups in total. The molecule has 82 valence electrons. The molecule has 3 aliphatic rings. The minimum Gasteiger partial charge on any atom is -0.0769 e. The van der Waals surface area contributed by atoms with Gasteiger partial charge in [0.25, 0.3) is 0 Å². The Bertz CT molecular complexity index is 690. The summed E-state index contributed by atoms with van der Waals surface area (Å²) in [6.07, 6.45) is 6.45. The van der Waals surface area contributed by atoms with E-state index in [-0.39, 0.29) is 0 Å². The fraction of sp³-hybridized carbons (Fsp3) is 0.294. The first-order valence-electron chi connectivity index (χ1n) is 6.67. The Morgan fingerprint density at radius 3 is 3.00 bits per heavy atom. The summed E-state index contributed by atoms with van der Waals surface area (Å²) in [6, 6.07) is 11.5. The van der Waals surface area contributed by atoms with Crippen LogP contribution in [-0.2, 0) is 6.42 Å². The standard InChI is InChI=1S/C17H14/c1-2-10-4-5-12-8-13-9-15(13)14-7-6-11(3-1)16(10)17(12)14/h1-3,6-8,13,15H,4-5,9H2. The first-order valence-corrected chi connectivity index (χ1v) is 6.67. The topological polar surface area (TPSA) is 0 Å². The highest BCUT2D eigenvalue weighted by Gasteiger charge is 2.42. The first kappa shape index (κ1) is 8.52. The summed E-state index contributed by atoms with van der Waals surface area (Å²) in [4.78, 5) is 0. The van der Waals surface area contributed by atoms with Crippen LogP contribution >= 0.6 is 0 Å². The molecule has 0 nitrogen and oxygen atoms in total. The van der Waals surface area contributed by atoms with Gasteiger partial charge in [-0.1, -0.05) is 36.4 Å². The lowest BCUT2D eigenvalue weighted by atomic mass is 9.79. The molecule has 2 aromatic rings. The Labute approximate surface area is 101 Å². The van der Waals surface area contributed by atoms with E-state index in [9.17, 15) is 0 Å². The van der Waals surface area contributed by atoms with Gasteiger partial charge in [0.15, 0.2) is 0 Å². The number of fused-ring (bicyclic) bond motifs is 2. The molecule has 0 heteroatoms. The van der Waals surface area contributed by atoms with Crippen molar-refractivity contribution in [1.82, 2.24) is 0 Å². The molecule has 0 saturated heterocycles. The second-order valence-electron chi connectivity index (χ2n) is 5.74. The smallest absolute Gasteiger partial charge is 0.00737 e. The van der Waals surface area contributed by atoms with Gasteiger partial charge in [-0.15, -0.1) is 0 Å². The summed E-state index contributed by atoms with van der Waals surface area (Å²) < 4.78 is 0. The molecule has 2 atom stereocenters. The fourth-order valence-corrected chi connectivity index (χ4v) is 3.91. The molecule has 3 aliphatic carbocycles. The Morgan fingerprint density at radius 2 is 2.00 bits per heavy atom. The lowest BCUT2D eigenvalue weighted by Crippen LogP contribution is -2.07. The summed E-state index contributed by atoms with van der Waals surface area (Å²) in [5, 5.41) is 3.00. The highest BCUT2D eigenvalue weighted by atomic mass is 14.5. The summed E-state index contributed by atoms with van der Waals surface area (Å²) in [6.45, 7) is 0. The number of benzene rings is 2. The summed E-state index contributed by atoms with van der Waals surface area (Å²) in [5.74, 6) is 1.73. The van der Waals surface area contributed by atoms with E-state index in [0.717, 1.165) is 11.8 Å². The highest BCUT2D eigenvalue weighted by Crippen LogP contribution is 2.57. The molecule has 0 radical (unpaired) electrons. The van der Waals surface area contributed by atoms with Gasteiger partial charge in [-0.3, -0.25) is 0 Å². The number of aryl methyl sites for hydroxylation is 1. The van der Waals surface area contributed by atoms with Crippen LogP contribution in [-0.4, -0.2) is 0 Å². The van der Waals surface area contributed by atoms with Gasteiger partial charge in [0.2, 0.25) is 0 Å². The fourth-order valence-electron chi connectivity index (χ4n) is 3.91. The molecular formula is C17H14. The second kappa shape index (κ2) is 2.64. The second-order valence-corrected chi connectivity index (χ2v) is 5.74. The molecule has 0 heterocycles. The maximum absolute atomic E-state index is 2.57. The SMILES string of the molecule is C1=C2CCc3cccc4ccc(c2c34)C2CC12. The Balaban J connectivity index is 2.02. The lowest BCUT2D eigenvalue weighted by Gasteiger charge is -2.25. The maximum atomic E-state index is 2.57. The third-order valence-corrected chi connectivity index (χ3v) is 4.80. The van der Waals surface area contributed by atoms with E-state index in [1.807, 2.05) is 0 Å². The summed E-state index contributed by atoms with van der Waals surface area (Å²) in [7, 11) is 0. The number of hydrogen-bond donors (Lipinski definition) is 0. The average molecular weight is 218 g/mol. The predicted octanol–water partition coefficient (Wildman–Crippen LogP) is 4.29. The van der Waals surface area contributed by atoms with Crippen molar-refractivity contribution >= 4 is 16.3 Å². The van der Waals surface area contributed by atoms with Crippen LogP contribution in [0.4, 0.5) is 0 Å². The van der Waals surface area contributed by atoms with Crippen LogP contribution in [0.5, 0.6) is 0 Å². The van der Waals surface area contributed by atoms with Crippen molar-refractivity contribution < 1.29 is 0 Å². The van der Waals surface area contributed by atoms with Crippen LogP contribution in [0.1, 0.15) is 35.4 Å². The van der Waals surface area contributed by atoms with Gasteiger partial charge >= 0.3 is 0 Å². The van der Waals surface area contributed by atoms with Gasteiger partial charge in [0.1, 0.15) is 0 Å². The molecule has 0 bridgehead atoms. The molecule has 0 aliphatic heterocycles. The van der Waals surface area contributed by atoms with E-state index in [1.165, 1.54) is 24.6 Å². The predicted molar refractivity (Wildman–Crippen MR) is 71.1 cm³/mol. The van der Waals surface area contributed by atoms with Gasteiger partial charge in [-0.2, -0.15) is 0 Å². The van der Waals surface area contributed by atoms with Crippen molar-refractivity contribution in [3.05, 3.63) is 53.1 Å². The molecular weight excluding hydrogens is 204 g/mol. The summed E-state index contributed by atoms with van der Waals surface area (Å²) in [5.41, 5.74) is 6.47. The number of rotatable bonds is 0.